The molecule has 7 heteroatoms. The Hall–Kier alpha value is -1.34. The second-order valence-electron chi connectivity index (χ2n) is 4.91. The molecule has 0 spiro atoms. The van der Waals surface area contributed by atoms with Crippen LogP contribution in [-0.4, -0.2) is 42.1 Å². The van der Waals surface area contributed by atoms with Crippen molar-refractivity contribution in [3.8, 4) is 0 Å². The highest BCUT2D eigenvalue weighted by Gasteiger charge is 2.42. The van der Waals surface area contributed by atoms with E-state index in [1.54, 1.807) is 0 Å². The van der Waals surface area contributed by atoms with E-state index in [1.807, 2.05) is 37.3 Å². The van der Waals surface area contributed by atoms with Gasteiger partial charge >= 0.3 is 0 Å². The predicted octanol–water partition coefficient (Wildman–Crippen LogP) is 1.27. The van der Waals surface area contributed by atoms with Crippen molar-refractivity contribution in [1.82, 2.24) is 5.43 Å². The first-order valence-electron chi connectivity index (χ1n) is 6.34. The maximum absolute atomic E-state index is 11.5. The van der Waals surface area contributed by atoms with Crippen LogP contribution in [0.5, 0.6) is 0 Å². The van der Waals surface area contributed by atoms with E-state index in [4.69, 9.17) is 0 Å². The first-order valence-corrected chi connectivity index (χ1v) is 9.04. The average Bonchev–Trinajstić information content (AvgIpc) is 2.90. The van der Waals surface area contributed by atoms with E-state index >= 15 is 0 Å². The summed E-state index contributed by atoms with van der Waals surface area (Å²) in [5, 5.41) is 5.07. The van der Waals surface area contributed by atoms with Gasteiger partial charge < -0.3 is 0 Å². The van der Waals surface area contributed by atoms with Gasteiger partial charge in [-0.2, -0.15) is 5.10 Å². The third-order valence-corrected chi connectivity index (χ3v) is 6.46. The number of benzene rings is 1. The van der Waals surface area contributed by atoms with Gasteiger partial charge in [0.1, 0.15) is 0 Å². The molecule has 0 aliphatic carbocycles. The second-order valence-corrected chi connectivity index (χ2v) is 8.29. The van der Waals surface area contributed by atoms with E-state index in [0.717, 1.165) is 11.3 Å². The third-order valence-electron chi connectivity index (χ3n) is 3.33. The Labute approximate surface area is 122 Å². The zero-order chi connectivity index (χ0) is 14.2. The summed E-state index contributed by atoms with van der Waals surface area (Å²) in [6.45, 7) is 1.92. The van der Waals surface area contributed by atoms with Gasteiger partial charge in [0.25, 0.3) is 0 Å². The van der Waals surface area contributed by atoms with Gasteiger partial charge in [0.05, 0.1) is 23.3 Å². The average molecular weight is 309 g/mol. The summed E-state index contributed by atoms with van der Waals surface area (Å²) in [5.41, 5.74) is 4.86. The van der Waals surface area contributed by atoms with Crippen molar-refractivity contribution in [3.05, 3.63) is 35.9 Å². The SMILES string of the molecule is C/C(=N\NC1=N[C@@H]2CS(=O)(=O)C[C@@H]2S1)c1ccccc1. The van der Waals surface area contributed by atoms with E-state index in [0.29, 0.717) is 5.17 Å². The lowest BCUT2D eigenvalue weighted by Gasteiger charge is -2.04. The van der Waals surface area contributed by atoms with Crippen molar-refractivity contribution in [2.24, 2.45) is 10.1 Å². The van der Waals surface area contributed by atoms with E-state index in [1.165, 1.54) is 11.8 Å². The Morgan fingerprint density at radius 1 is 1.35 bits per heavy atom. The second kappa shape index (κ2) is 5.21. The number of fused-ring (bicyclic) bond motifs is 1. The quantitative estimate of drug-likeness (QED) is 0.660. The topological polar surface area (TPSA) is 70.9 Å². The van der Waals surface area contributed by atoms with Gasteiger partial charge in [-0.15, -0.1) is 0 Å². The predicted molar refractivity (Wildman–Crippen MR) is 83.0 cm³/mol. The zero-order valence-electron chi connectivity index (χ0n) is 11.0. The minimum absolute atomic E-state index is 0.0507. The van der Waals surface area contributed by atoms with Gasteiger partial charge in [0, 0.05) is 5.25 Å². The summed E-state index contributed by atoms with van der Waals surface area (Å²) in [5.74, 6) is 0.385. The molecule has 1 saturated heterocycles. The first-order chi connectivity index (χ1) is 9.53. The summed E-state index contributed by atoms with van der Waals surface area (Å²) in [6.07, 6.45) is 0. The fourth-order valence-corrected chi connectivity index (χ4v) is 5.88. The molecule has 0 bridgehead atoms. The van der Waals surface area contributed by atoms with Crippen molar-refractivity contribution in [2.75, 3.05) is 11.5 Å². The number of rotatable bonds is 2. The highest BCUT2D eigenvalue weighted by Crippen LogP contribution is 2.33. The summed E-state index contributed by atoms with van der Waals surface area (Å²) in [4.78, 5) is 4.39. The normalized spacial score (nSPS) is 28.1. The highest BCUT2D eigenvalue weighted by molar-refractivity contribution is 8.15. The van der Waals surface area contributed by atoms with Gasteiger partial charge in [-0.3, -0.25) is 10.4 Å². The molecule has 0 amide bonds. The van der Waals surface area contributed by atoms with Crippen LogP contribution in [0, 0.1) is 0 Å². The zero-order valence-corrected chi connectivity index (χ0v) is 12.6. The maximum Gasteiger partial charge on any atom is 0.177 e. The Bertz CT molecular complexity index is 668. The fraction of sp³-hybridized carbons (Fsp3) is 0.385. The van der Waals surface area contributed by atoms with Crippen LogP contribution in [0.2, 0.25) is 0 Å². The molecule has 1 fully saturated rings. The monoisotopic (exact) mass is 309 g/mol. The molecule has 0 aromatic heterocycles. The van der Waals surface area contributed by atoms with E-state index < -0.39 is 9.84 Å². The largest absolute Gasteiger partial charge is 0.256 e. The molecule has 2 heterocycles. The number of amidine groups is 1. The molecule has 3 rings (SSSR count). The number of hydrogen-bond donors (Lipinski definition) is 1. The summed E-state index contributed by atoms with van der Waals surface area (Å²) in [7, 11) is -2.89. The number of nitrogens with one attached hydrogen (secondary N) is 1. The smallest absolute Gasteiger partial charge is 0.177 e. The molecule has 2 aliphatic heterocycles. The molecule has 1 N–H and O–H groups in total. The van der Waals surface area contributed by atoms with Crippen molar-refractivity contribution < 1.29 is 8.42 Å². The van der Waals surface area contributed by atoms with Crippen molar-refractivity contribution in [3.63, 3.8) is 0 Å². The van der Waals surface area contributed by atoms with Gasteiger partial charge in [-0.1, -0.05) is 42.1 Å². The van der Waals surface area contributed by atoms with E-state index in [-0.39, 0.29) is 22.8 Å². The first kappa shape index (κ1) is 13.6. The van der Waals surface area contributed by atoms with Crippen LogP contribution < -0.4 is 5.43 Å². The van der Waals surface area contributed by atoms with E-state index in [9.17, 15) is 8.42 Å². The Morgan fingerprint density at radius 3 is 2.80 bits per heavy atom. The molecule has 20 heavy (non-hydrogen) atoms. The van der Waals surface area contributed by atoms with Crippen LogP contribution in [-0.2, 0) is 9.84 Å². The van der Waals surface area contributed by atoms with Crippen LogP contribution in [0.15, 0.2) is 40.4 Å². The van der Waals surface area contributed by atoms with Crippen molar-refractivity contribution >= 4 is 32.5 Å². The van der Waals surface area contributed by atoms with Crippen LogP contribution in [0.1, 0.15) is 12.5 Å². The third kappa shape index (κ3) is 2.88. The molecular formula is C13H15N3O2S2. The lowest BCUT2D eigenvalue weighted by molar-refractivity contribution is 0.601. The molecule has 2 atom stereocenters. The minimum Gasteiger partial charge on any atom is -0.256 e. The number of hydrazone groups is 1. The molecule has 0 unspecified atom stereocenters. The number of thioether (sulfide) groups is 1. The number of sulfone groups is 1. The number of hydrogen-bond acceptors (Lipinski definition) is 6. The minimum atomic E-state index is -2.89. The molecule has 106 valence electrons. The Balaban J connectivity index is 1.66. The van der Waals surface area contributed by atoms with Crippen molar-refractivity contribution in [1.29, 1.82) is 0 Å². The summed E-state index contributed by atoms with van der Waals surface area (Å²) >= 11 is 1.47. The van der Waals surface area contributed by atoms with Gasteiger partial charge in [0.15, 0.2) is 15.0 Å². The molecule has 0 radical (unpaired) electrons. The maximum atomic E-state index is 11.5. The van der Waals surface area contributed by atoms with Crippen molar-refractivity contribution in [2.45, 2.75) is 18.2 Å². The fourth-order valence-electron chi connectivity index (χ4n) is 2.29. The molecule has 0 saturated carbocycles. The van der Waals surface area contributed by atoms with Crippen LogP contribution >= 0.6 is 11.8 Å². The van der Waals surface area contributed by atoms with Crippen LogP contribution in [0.3, 0.4) is 0 Å². The van der Waals surface area contributed by atoms with Crippen LogP contribution in [0.4, 0.5) is 0 Å². The standard InChI is InChI=1S/C13H15N3O2S2/c1-9(10-5-3-2-4-6-10)15-16-13-14-11-7-20(17,18)8-12(11)19-13/h2-6,11-12H,7-8H2,1H3,(H,14,16)/b15-9+/t11-,12+/m1/s1. The molecule has 2 aliphatic rings. The molecule has 1 aromatic carbocycles. The van der Waals surface area contributed by atoms with Gasteiger partial charge in [0.2, 0.25) is 0 Å². The molecular weight excluding hydrogens is 294 g/mol. The lowest BCUT2D eigenvalue weighted by Crippen LogP contribution is -2.17. The Kier molecular flexibility index (Phi) is 3.55. The number of nitrogens with zero attached hydrogens (tertiary/aromatic N) is 2. The van der Waals surface area contributed by atoms with E-state index in [2.05, 4.69) is 15.5 Å². The lowest BCUT2D eigenvalue weighted by atomic mass is 10.1. The van der Waals surface area contributed by atoms with Crippen LogP contribution in [0.25, 0.3) is 0 Å². The highest BCUT2D eigenvalue weighted by atomic mass is 32.2. The summed E-state index contributed by atoms with van der Waals surface area (Å²) in [6, 6.07) is 9.76. The summed E-state index contributed by atoms with van der Waals surface area (Å²) < 4.78 is 22.9. The molecule has 5 nitrogen and oxygen atoms in total. The Morgan fingerprint density at radius 2 is 2.10 bits per heavy atom. The number of aliphatic imine (C=N–C) groups is 1. The molecule has 1 aromatic rings. The van der Waals surface area contributed by atoms with Gasteiger partial charge in [-0.25, -0.2) is 8.42 Å². The van der Waals surface area contributed by atoms with Gasteiger partial charge in [-0.05, 0) is 12.5 Å².